The third-order valence-electron chi connectivity index (χ3n) is 6.61. The number of fused-ring (bicyclic) bond motifs is 1. The van der Waals surface area contributed by atoms with E-state index in [1.807, 2.05) is 55.5 Å². The number of aromatic amines is 1. The van der Waals surface area contributed by atoms with Crippen molar-refractivity contribution in [2.45, 2.75) is 49.7 Å². The Morgan fingerprint density at radius 3 is 2.42 bits per heavy atom. The van der Waals surface area contributed by atoms with E-state index < -0.39 is 24.0 Å². The molecule has 1 aromatic heterocycles. The number of rotatable bonds is 6. The number of aromatic nitrogens is 2. The summed E-state index contributed by atoms with van der Waals surface area (Å²) in [5, 5.41) is 30.8. The van der Waals surface area contributed by atoms with Crippen LogP contribution in [0.15, 0.2) is 75.4 Å². The molecule has 2 aromatic carbocycles. The standard InChI is InChI=1S/C26H27N3O3S/c1-3-10-18-22(26(32)29(27-18)16-11-6-5-7-12-16)23-24(30)17(25(23)31)15-21-28(4-2)19-13-8-9-14-20(19)33-21/h5-9,11-15,17,23-25,27H,3-4,10H2,1-2H3/q-2. The van der Waals surface area contributed by atoms with E-state index in [2.05, 4.69) is 29.1 Å². The molecule has 0 amide bonds. The molecule has 1 aliphatic heterocycles. The minimum Gasteiger partial charge on any atom is -0.851 e. The molecule has 172 valence electrons. The fourth-order valence-electron chi connectivity index (χ4n) is 4.93. The summed E-state index contributed by atoms with van der Waals surface area (Å²) in [6.45, 7) is 4.85. The number of thioether (sulfide) groups is 1. The number of H-pyrrole nitrogens is 1. The number of aryl methyl sites for hydroxylation is 1. The van der Waals surface area contributed by atoms with Gasteiger partial charge in [-0.2, -0.15) is 0 Å². The largest absolute Gasteiger partial charge is 0.851 e. The molecule has 2 unspecified atom stereocenters. The highest BCUT2D eigenvalue weighted by Crippen LogP contribution is 2.48. The minimum absolute atomic E-state index is 0.278. The number of hydrogen-bond acceptors (Lipinski definition) is 5. The normalized spacial score (nSPS) is 25.3. The van der Waals surface area contributed by atoms with Crippen molar-refractivity contribution in [1.82, 2.24) is 9.78 Å². The van der Waals surface area contributed by atoms with Crippen LogP contribution in [0.1, 0.15) is 37.4 Å². The van der Waals surface area contributed by atoms with Gasteiger partial charge in [0.1, 0.15) is 0 Å². The highest BCUT2D eigenvalue weighted by Gasteiger charge is 2.41. The Kier molecular flexibility index (Phi) is 5.95. The predicted octanol–water partition coefficient (Wildman–Crippen LogP) is 2.76. The van der Waals surface area contributed by atoms with Crippen LogP contribution < -0.4 is 20.7 Å². The molecule has 0 saturated heterocycles. The monoisotopic (exact) mass is 461 g/mol. The zero-order valence-corrected chi connectivity index (χ0v) is 19.5. The van der Waals surface area contributed by atoms with Crippen LogP contribution in [-0.4, -0.2) is 28.5 Å². The van der Waals surface area contributed by atoms with Crippen LogP contribution in [0.3, 0.4) is 0 Å². The van der Waals surface area contributed by atoms with Crippen molar-refractivity contribution >= 4 is 17.4 Å². The third-order valence-corrected chi connectivity index (χ3v) is 7.74. The van der Waals surface area contributed by atoms with Crippen molar-refractivity contribution in [2.75, 3.05) is 11.4 Å². The van der Waals surface area contributed by atoms with E-state index in [0.717, 1.165) is 28.6 Å². The van der Waals surface area contributed by atoms with Crippen molar-refractivity contribution < 1.29 is 10.2 Å². The van der Waals surface area contributed by atoms with Gasteiger partial charge in [-0.15, -0.1) is 12.2 Å². The van der Waals surface area contributed by atoms with Gasteiger partial charge >= 0.3 is 0 Å². The lowest BCUT2D eigenvalue weighted by Gasteiger charge is -2.60. The van der Waals surface area contributed by atoms with Gasteiger partial charge in [-0.3, -0.25) is 9.89 Å². The third kappa shape index (κ3) is 3.64. The lowest BCUT2D eigenvalue weighted by molar-refractivity contribution is -0.543. The SMILES string of the molecule is CCCc1[nH]n(-c2ccccc2)c(=O)c1C1C([O-])C(C=C2Sc3ccccc3N2CC)C1[O-]. The molecule has 2 atom stereocenters. The molecule has 7 heteroatoms. The summed E-state index contributed by atoms with van der Waals surface area (Å²) in [7, 11) is 0. The summed E-state index contributed by atoms with van der Waals surface area (Å²) in [6.07, 6.45) is 1.02. The Hall–Kier alpha value is -2.74. The van der Waals surface area contributed by atoms with E-state index in [0.29, 0.717) is 23.4 Å². The van der Waals surface area contributed by atoms with Gasteiger partial charge in [0, 0.05) is 22.7 Å². The first-order valence-electron chi connectivity index (χ1n) is 11.5. The number of nitrogens with one attached hydrogen (secondary N) is 1. The van der Waals surface area contributed by atoms with Gasteiger partial charge in [-0.25, -0.2) is 4.68 Å². The molecular formula is C26H27N3O3S-2. The molecular weight excluding hydrogens is 434 g/mol. The van der Waals surface area contributed by atoms with Crippen LogP contribution in [-0.2, 0) is 6.42 Å². The molecule has 0 spiro atoms. The minimum atomic E-state index is -1.13. The van der Waals surface area contributed by atoms with E-state index in [4.69, 9.17) is 0 Å². The Morgan fingerprint density at radius 1 is 1.03 bits per heavy atom. The lowest BCUT2D eigenvalue weighted by atomic mass is 9.65. The van der Waals surface area contributed by atoms with Crippen molar-refractivity contribution in [3.05, 3.63) is 87.3 Å². The van der Waals surface area contributed by atoms with E-state index in [-0.39, 0.29) is 5.56 Å². The van der Waals surface area contributed by atoms with E-state index >= 15 is 0 Å². The number of nitrogens with zero attached hydrogens (tertiary/aromatic N) is 2. The molecule has 0 bridgehead atoms. The van der Waals surface area contributed by atoms with E-state index in [1.165, 1.54) is 4.68 Å². The molecule has 5 rings (SSSR count). The number of anilines is 1. The van der Waals surface area contributed by atoms with Crippen molar-refractivity contribution in [3.8, 4) is 5.69 Å². The predicted molar refractivity (Wildman–Crippen MR) is 128 cm³/mol. The fourth-order valence-corrected chi connectivity index (χ4v) is 6.15. The van der Waals surface area contributed by atoms with Gasteiger partial charge in [-0.1, -0.05) is 61.5 Å². The molecule has 1 saturated carbocycles. The average molecular weight is 462 g/mol. The molecule has 1 fully saturated rings. The molecule has 2 heterocycles. The highest BCUT2D eigenvalue weighted by atomic mass is 32.2. The van der Waals surface area contributed by atoms with Crippen molar-refractivity contribution in [3.63, 3.8) is 0 Å². The molecule has 33 heavy (non-hydrogen) atoms. The van der Waals surface area contributed by atoms with Crippen LogP contribution in [0.5, 0.6) is 0 Å². The van der Waals surface area contributed by atoms with Gasteiger partial charge < -0.3 is 15.1 Å². The Morgan fingerprint density at radius 2 is 1.73 bits per heavy atom. The lowest BCUT2D eigenvalue weighted by Crippen LogP contribution is -2.65. The molecule has 6 nitrogen and oxygen atoms in total. The summed E-state index contributed by atoms with van der Waals surface area (Å²) < 4.78 is 1.47. The van der Waals surface area contributed by atoms with Crippen LogP contribution >= 0.6 is 11.8 Å². The Balaban J connectivity index is 1.46. The summed E-state index contributed by atoms with van der Waals surface area (Å²) in [4.78, 5) is 16.6. The van der Waals surface area contributed by atoms with E-state index in [9.17, 15) is 15.0 Å². The number of hydrogen-bond donors (Lipinski definition) is 1. The summed E-state index contributed by atoms with van der Waals surface area (Å²) in [5.74, 6) is -1.47. The maximum Gasteiger partial charge on any atom is 0.274 e. The maximum absolute atomic E-state index is 13.3. The Labute approximate surface area is 197 Å². The Bertz CT molecular complexity index is 1220. The second kappa shape index (κ2) is 8.89. The van der Waals surface area contributed by atoms with Gasteiger partial charge in [0.05, 0.1) is 16.4 Å². The second-order valence-electron chi connectivity index (χ2n) is 8.58. The molecule has 1 N–H and O–H groups in total. The van der Waals surface area contributed by atoms with Gasteiger partial charge in [0.15, 0.2) is 0 Å². The zero-order chi connectivity index (χ0) is 23.1. The second-order valence-corrected chi connectivity index (χ2v) is 9.64. The van der Waals surface area contributed by atoms with Gasteiger partial charge in [0.25, 0.3) is 5.56 Å². The highest BCUT2D eigenvalue weighted by molar-refractivity contribution is 8.03. The van der Waals surface area contributed by atoms with Crippen molar-refractivity contribution in [2.24, 2.45) is 5.92 Å². The van der Waals surface area contributed by atoms with Crippen LogP contribution in [0.25, 0.3) is 5.69 Å². The maximum atomic E-state index is 13.3. The smallest absolute Gasteiger partial charge is 0.274 e. The average Bonchev–Trinajstić information content (AvgIpc) is 3.35. The van der Waals surface area contributed by atoms with E-state index in [1.54, 1.807) is 11.8 Å². The molecule has 0 radical (unpaired) electrons. The first-order chi connectivity index (χ1) is 16.0. The summed E-state index contributed by atoms with van der Waals surface area (Å²) in [5.41, 5.74) is 2.62. The zero-order valence-electron chi connectivity index (χ0n) is 18.7. The number of para-hydroxylation sites is 2. The summed E-state index contributed by atoms with van der Waals surface area (Å²) >= 11 is 1.60. The molecule has 3 aromatic rings. The van der Waals surface area contributed by atoms with Gasteiger partial charge in [0.2, 0.25) is 0 Å². The van der Waals surface area contributed by atoms with Crippen LogP contribution in [0, 0.1) is 5.92 Å². The topological polar surface area (TPSA) is 87.1 Å². The summed E-state index contributed by atoms with van der Waals surface area (Å²) in [6, 6.07) is 17.4. The van der Waals surface area contributed by atoms with Gasteiger partial charge in [-0.05, 0) is 49.4 Å². The quantitative estimate of drug-likeness (QED) is 0.610. The van der Waals surface area contributed by atoms with Crippen LogP contribution in [0.2, 0.25) is 0 Å². The molecule has 1 aliphatic carbocycles. The first-order valence-corrected chi connectivity index (χ1v) is 12.3. The fraction of sp³-hybridized carbons (Fsp3) is 0.346. The van der Waals surface area contributed by atoms with Crippen molar-refractivity contribution in [1.29, 1.82) is 0 Å². The number of benzene rings is 2. The molecule has 2 aliphatic rings. The first kappa shape index (κ1) is 22.1. The van der Waals surface area contributed by atoms with Crippen LogP contribution in [0.4, 0.5) is 5.69 Å².